The lowest BCUT2D eigenvalue weighted by Crippen LogP contribution is -2.46. The fourth-order valence-corrected chi connectivity index (χ4v) is 4.03. The molecule has 0 bridgehead atoms. The Morgan fingerprint density at radius 1 is 0.862 bits per heavy atom. The Bertz CT molecular complexity index is 901. The smallest absolute Gasteiger partial charge is 0.282 e. The van der Waals surface area contributed by atoms with E-state index in [1.165, 1.54) is 6.07 Å². The first kappa shape index (κ1) is 19.0. The van der Waals surface area contributed by atoms with Crippen LogP contribution in [0, 0.1) is 10.1 Å². The second-order valence-corrected chi connectivity index (χ2v) is 7.45. The number of nitro benzene ring substituents is 1. The van der Waals surface area contributed by atoms with Crippen LogP contribution in [0.15, 0.2) is 42.5 Å². The van der Waals surface area contributed by atoms with Crippen molar-refractivity contribution in [1.82, 2.24) is 4.90 Å². The highest BCUT2D eigenvalue weighted by atomic mass is 16.6. The molecule has 2 aliphatic rings. The van der Waals surface area contributed by atoms with E-state index in [2.05, 4.69) is 9.80 Å². The van der Waals surface area contributed by atoms with E-state index in [0.717, 1.165) is 50.4 Å². The molecule has 0 aliphatic carbocycles. The van der Waals surface area contributed by atoms with Crippen molar-refractivity contribution in [3.8, 4) is 5.75 Å². The van der Waals surface area contributed by atoms with Gasteiger partial charge in [-0.15, -0.1) is 0 Å². The lowest BCUT2D eigenvalue weighted by atomic mass is 10.1. The number of carbonyl (C=O) groups excluding carboxylic acids is 1. The number of phenols is 1. The summed E-state index contributed by atoms with van der Waals surface area (Å²) >= 11 is 0. The van der Waals surface area contributed by atoms with Gasteiger partial charge in [0.15, 0.2) is 0 Å². The van der Waals surface area contributed by atoms with Gasteiger partial charge >= 0.3 is 0 Å². The predicted octanol–water partition coefficient (Wildman–Crippen LogP) is 2.86. The molecule has 0 spiro atoms. The predicted molar refractivity (Wildman–Crippen MR) is 111 cm³/mol. The van der Waals surface area contributed by atoms with Crippen LogP contribution >= 0.6 is 0 Å². The molecule has 152 valence electrons. The molecule has 29 heavy (non-hydrogen) atoms. The molecule has 8 heteroatoms. The number of phenolic OH excluding ortho intramolecular Hbond substituents is 1. The minimum Gasteiger partial charge on any atom is -0.508 e. The van der Waals surface area contributed by atoms with Crippen molar-refractivity contribution >= 4 is 23.0 Å². The second kappa shape index (κ2) is 7.98. The van der Waals surface area contributed by atoms with Gasteiger partial charge < -0.3 is 19.8 Å². The summed E-state index contributed by atoms with van der Waals surface area (Å²) in [5, 5.41) is 20.9. The molecule has 2 aromatic carbocycles. The van der Waals surface area contributed by atoms with E-state index >= 15 is 0 Å². The van der Waals surface area contributed by atoms with Crippen LogP contribution in [0.25, 0.3) is 0 Å². The lowest BCUT2D eigenvalue weighted by molar-refractivity contribution is -0.385. The molecule has 2 aromatic rings. The second-order valence-electron chi connectivity index (χ2n) is 7.45. The summed E-state index contributed by atoms with van der Waals surface area (Å²) in [6.45, 7) is 4.39. The van der Waals surface area contributed by atoms with Crippen molar-refractivity contribution in [2.75, 3.05) is 49.1 Å². The first-order chi connectivity index (χ1) is 14.0. The maximum atomic E-state index is 12.8. The molecule has 2 saturated heterocycles. The fourth-order valence-electron chi connectivity index (χ4n) is 4.03. The number of anilines is 2. The van der Waals surface area contributed by atoms with Gasteiger partial charge in [0.1, 0.15) is 11.3 Å². The monoisotopic (exact) mass is 396 g/mol. The number of nitro groups is 1. The molecule has 0 radical (unpaired) electrons. The van der Waals surface area contributed by atoms with Gasteiger partial charge in [-0.2, -0.15) is 0 Å². The largest absolute Gasteiger partial charge is 0.508 e. The topological polar surface area (TPSA) is 90.2 Å². The quantitative estimate of drug-likeness (QED) is 0.631. The number of piperazine rings is 1. The summed E-state index contributed by atoms with van der Waals surface area (Å²) in [7, 11) is 0. The number of aromatic hydroxyl groups is 1. The maximum absolute atomic E-state index is 12.8. The van der Waals surface area contributed by atoms with Gasteiger partial charge in [-0.05, 0) is 49.2 Å². The van der Waals surface area contributed by atoms with E-state index in [-0.39, 0.29) is 22.9 Å². The van der Waals surface area contributed by atoms with Gasteiger partial charge in [0.05, 0.1) is 4.92 Å². The highest BCUT2D eigenvalue weighted by Gasteiger charge is 2.28. The number of carbonyl (C=O) groups is 1. The van der Waals surface area contributed by atoms with Gasteiger partial charge in [0.25, 0.3) is 11.6 Å². The third kappa shape index (κ3) is 3.96. The molecule has 0 unspecified atom stereocenters. The van der Waals surface area contributed by atoms with Crippen LogP contribution in [0.2, 0.25) is 0 Å². The average Bonchev–Trinajstić information content (AvgIpc) is 3.28. The standard InChI is InChI=1S/C21H24N4O4/c26-18-6-3-16(4-7-18)22-11-13-23(14-12-22)17-5-8-20(25(28)29)19(15-17)21(27)24-9-1-2-10-24/h3-8,15,26H,1-2,9-14H2. The molecule has 2 aliphatic heterocycles. The van der Waals surface area contributed by atoms with Crippen LogP contribution < -0.4 is 9.80 Å². The molecule has 8 nitrogen and oxygen atoms in total. The molecule has 4 rings (SSSR count). The third-order valence-corrected chi connectivity index (χ3v) is 5.66. The van der Waals surface area contributed by atoms with E-state index in [0.29, 0.717) is 13.1 Å². The van der Waals surface area contributed by atoms with E-state index in [9.17, 15) is 20.0 Å². The van der Waals surface area contributed by atoms with Crippen molar-refractivity contribution in [1.29, 1.82) is 0 Å². The maximum Gasteiger partial charge on any atom is 0.282 e. The summed E-state index contributed by atoms with van der Waals surface area (Å²) < 4.78 is 0. The summed E-state index contributed by atoms with van der Waals surface area (Å²) in [6.07, 6.45) is 1.89. The molecule has 1 amide bonds. The average molecular weight is 396 g/mol. The molecular formula is C21H24N4O4. The molecule has 0 aromatic heterocycles. The Morgan fingerprint density at radius 2 is 1.41 bits per heavy atom. The minimum absolute atomic E-state index is 0.131. The van der Waals surface area contributed by atoms with Crippen molar-refractivity contribution in [2.45, 2.75) is 12.8 Å². The highest BCUT2D eigenvalue weighted by molar-refractivity contribution is 5.99. The van der Waals surface area contributed by atoms with E-state index < -0.39 is 4.92 Å². The molecule has 2 fully saturated rings. The molecule has 1 N–H and O–H groups in total. The summed E-state index contributed by atoms with van der Waals surface area (Å²) in [5.41, 5.74) is 1.93. The summed E-state index contributed by atoms with van der Waals surface area (Å²) in [5.74, 6) is -0.00718. The van der Waals surface area contributed by atoms with E-state index in [1.807, 2.05) is 12.1 Å². The van der Waals surface area contributed by atoms with Crippen LogP contribution in [-0.2, 0) is 0 Å². The SMILES string of the molecule is O=C(c1cc(N2CCN(c3ccc(O)cc3)CC2)ccc1[N+](=O)[O-])N1CCCC1. The zero-order valence-corrected chi connectivity index (χ0v) is 16.2. The fraction of sp³-hybridized carbons (Fsp3) is 0.381. The molecule has 0 atom stereocenters. The Morgan fingerprint density at radius 3 is 2.00 bits per heavy atom. The number of rotatable bonds is 4. The number of hydrogen-bond donors (Lipinski definition) is 1. The van der Waals surface area contributed by atoms with Gasteiger partial charge in [-0.25, -0.2) is 0 Å². The zero-order chi connectivity index (χ0) is 20.4. The number of benzene rings is 2. The number of amides is 1. The van der Waals surface area contributed by atoms with Crippen LogP contribution in [0.4, 0.5) is 17.1 Å². The van der Waals surface area contributed by atoms with Gasteiger partial charge in [0.2, 0.25) is 0 Å². The minimum atomic E-state index is -0.476. The van der Waals surface area contributed by atoms with E-state index in [1.54, 1.807) is 29.2 Å². The third-order valence-electron chi connectivity index (χ3n) is 5.66. The zero-order valence-electron chi connectivity index (χ0n) is 16.2. The Balaban J connectivity index is 1.51. The molecular weight excluding hydrogens is 372 g/mol. The normalized spacial score (nSPS) is 16.9. The van der Waals surface area contributed by atoms with Crippen LogP contribution in [0.1, 0.15) is 23.2 Å². The Kier molecular flexibility index (Phi) is 5.24. The van der Waals surface area contributed by atoms with E-state index in [4.69, 9.17) is 0 Å². The molecule has 2 heterocycles. The summed E-state index contributed by atoms with van der Waals surface area (Å²) in [4.78, 5) is 29.9. The Labute approximate surface area is 169 Å². The van der Waals surface area contributed by atoms with Crippen LogP contribution in [0.5, 0.6) is 5.75 Å². The number of likely N-dealkylation sites (tertiary alicyclic amines) is 1. The first-order valence-electron chi connectivity index (χ1n) is 9.89. The summed E-state index contributed by atoms with van der Waals surface area (Å²) in [6, 6.07) is 12.0. The van der Waals surface area contributed by atoms with Crippen molar-refractivity contribution in [2.24, 2.45) is 0 Å². The highest BCUT2D eigenvalue weighted by Crippen LogP contribution is 2.29. The number of nitrogens with zero attached hydrogens (tertiary/aromatic N) is 4. The Hall–Kier alpha value is -3.29. The van der Waals surface area contributed by atoms with Crippen molar-refractivity contribution in [3.63, 3.8) is 0 Å². The molecule has 0 saturated carbocycles. The van der Waals surface area contributed by atoms with Crippen molar-refractivity contribution in [3.05, 3.63) is 58.1 Å². The first-order valence-corrected chi connectivity index (χ1v) is 9.89. The lowest BCUT2D eigenvalue weighted by Gasteiger charge is -2.37. The van der Waals surface area contributed by atoms with Gasteiger partial charge in [-0.3, -0.25) is 14.9 Å². The van der Waals surface area contributed by atoms with Crippen molar-refractivity contribution < 1.29 is 14.8 Å². The van der Waals surface area contributed by atoms with Gasteiger partial charge in [-0.1, -0.05) is 0 Å². The number of hydrogen-bond acceptors (Lipinski definition) is 6. The van der Waals surface area contributed by atoms with Crippen LogP contribution in [0.3, 0.4) is 0 Å². The van der Waals surface area contributed by atoms with Gasteiger partial charge in [0, 0.05) is 56.7 Å². The van der Waals surface area contributed by atoms with Crippen LogP contribution in [-0.4, -0.2) is 60.1 Å².